The van der Waals surface area contributed by atoms with Gasteiger partial charge in [0.2, 0.25) is 5.91 Å². The van der Waals surface area contributed by atoms with Crippen molar-refractivity contribution in [3.8, 4) is 0 Å². The molecular weight excluding hydrogens is 274 g/mol. The number of nitrogens with zero attached hydrogens (tertiary/aromatic N) is 1. The minimum absolute atomic E-state index is 0.253. The first-order valence-corrected chi connectivity index (χ1v) is 6.58. The van der Waals surface area contributed by atoms with Gasteiger partial charge in [-0.25, -0.2) is 4.79 Å². The van der Waals surface area contributed by atoms with Gasteiger partial charge in [0.1, 0.15) is 6.54 Å². The van der Waals surface area contributed by atoms with Gasteiger partial charge in [0.25, 0.3) is 0 Å². The summed E-state index contributed by atoms with van der Waals surface area (Å²) in [5, 5.41) is 13.1. The van der Waals surface area contributed by atoms with Crippen molar-refractivity contribution in [1.29, 1.82) is 0 Å². The first kappa shape index (κ1) is 16.5. The number of carboxylic acid groups (broad SMARTS) is 1. The van der Waals surface area contributed by atoms with Crippen LogP contribution in [0.1, 0.15) is 12.5 Å². The minimum atomic E-state index is -1.13. The highest BCUT2D eigenvalue weighted by Crippen LogP contribution is 2.04. The second kappa shape index (κ2) is 8.57. The van der Waals surface area contributed by atoms with E-state index in [9.17, 15) is 14.4 Å². The summed E-state index contributed by atoms with van der Waals surface area (Å²) in [6, 6.07) is 9.13. The molecule has 0 aliphatic rings. The maximum Gasteiger partial charge on any atom is 0.322 e. The van der Waals surface area contributed by atoms with Gasteiger partial charge in [0, 0.05) is 13.1 Å². The maximum atomic E-state index is 11.9. The third-order valence-corrected chi connectivity index (χ3v) is 2.72. The summed E-state index contributed by atoms with van der Waals surface area (Å²) in [7, 11) is 0. The third-order valence-electron chi connectivity index (χ3n) is 2.72. The quantitative estimate of drug-likeness (QED) is 0.678. The number of amides is 3. The van der Waals surface area contributed by atoms with Crippen molar-refractivity contribution in [1.82, 2.24) is 15.5 Å². The fraction of sp³-hybridized carbons (Fsp3) is 0.357. The van der Waals surface area contributed by atoms with Crippen molar-refractivity contribution < 1.29 is 19.5 Å². The van der Waals surface area contributed by atoms with E-state index in [0.29, 0.717) is 13.1 Å². The molecule has 0 unspecified atom stereocenters. The summed E-state index contributed by atoms with van der Waals surface area (Å²) in [6.45, 7) is 2.07. The Kier molecular flexibility index (Phi) is 6.73. The molecule has 7 nitrogen and oxygen atoms in total. The number of benzene rings is 1. The summed E-state index contributed by atoms with van der Waals surface area (Å²) in [4.78, 5) is 35.1. The molecule has 7 heteroatoms. The second-order valence-corrected chi connectivity index (χ2v) is 4.33. The zero-order chi connectivity index (χ0) is 15.7. The summed E-state index contributed by atoms with van der Waals surface area (Å²) in [5.41, 5.74) is 0.991. The van der Waals surface area contributed by atoms with Crippen molar-refractivity contribution in [2.75, 3.05) is 19.6 Å². The average molecular weight is 293 g/mol. The Balaban J connectivity index is 2.41. The lowest BCUT2D eigenvalue weighted by Gasteiger charge is -2.21. The van der Waals surface area contributed by atoms with Crippen LogP contribution in [0.15, 0.2) is 30.3 Å². The summed E-state index contributed by atoms with van der Waals surface area (Å²) in [5.74, 6) is -1.67. The fourth-order valence-corrected chi connectivity index (χ4v) is 1.64. The standard InChI is InChI=1S/C14H19N3O4/c1-2-17(10-11-6-4-3-5-7-11)14(21)16-8-12(18)15-9-13(19)20/h3-7H,2,8-10H2,1H3,(H,15,18)(H,16,21)(H,19,20). The summed E-state index contributed by atoms with van der Waals surface area (Å²) < 4.78 is 0. The molecule has 1 aromatic rings. The van der Waals surface area contributed by atoms with E-state index in [4.69, 9.17) is 5.11 Å². The number of urea groups is 1. The van der Waals surface area contributed by atoms with Crippen LogP contribution in [0.5, 0.6) is 0 Å². The normalized spacial score (nSPS) is 9.76. The number of aliphatic carboxylic acids is 1. The molecule has 1 aromatic carbocycles. The number of hydrogen-bond donors (Lipinski definition) is 3. The lowest BCUT2D eigenvalue weighted by atomic mass is 10.2. The molecule has 1 rings (SSSR count). The molecule has 0 heterocycles. The van der Waals surface area contributed by atoms with Gasteiger partial charge in [-0.05, 0) is 12.5 Å². The highest BCUT2D eigenvalue weighted by Gasteiger charge is 2.13. The number of carbonyl (C=O) groups is 3. The van der Waals surface area contributed by atoms with Crippen LogP contribution in [0.3, 0.4) is 0 Å². The van der Waals surface area contributed by atoms with Gasteiger partial charge >= 0.3 is 12.0 Å². The molecular formula is C14H19N3O4. The van der Waals surface area contributed by atoms with Crippen molar-refractivity contribution in [2.45, 2.75) is 13.5 Å². The lowest BCUT2D eigenvalue weighted by molar-refractivity contribution is -0.137. The molecule has 0 aliphatic carbocycles. The predicted molar refractivity (Wildman–Crippen MR) is 76.6 cm³/mol. The van der Waals surface area contributed by atoms with Gasteiger partial charge in [-0.1, -0.05) is 30.3 Å². The molecule has 114 valence electrons. The van der Waals surface area contributed by atoms with Crippen LogP contribution < -0.4 is 10.6 Å². The topological polar surface area (TPSA) is 98.7 Å². The van der Waals surface area contributed by atoms with Crippen molar-refractivity contribution >= 4 is 17.9 Å². The Hall–Kier alpha value is -2.57. The summed E-state index contributed by atoms with van der Waals surface area (Å²) in [6.07, 6.45) is 0. The van der Waals surface area contributed by atoms with E-state index in [-0.39, 0.29) is 12.6 Å². The van der Waals surface area contributed by atoms with Gasteiger partial charge in [-0.3, -0.25) is 9.59 Å². The number of hydrogen-bond acceptors (Lipinski definition) is 3. The van der Waals surface area contributed by atoms with E-state index in [1.54, 1.807) is 4.90 Å². The maximum absolute atomic E-state index is 11.9. The van der Waals surface area contributed by atoms with Crippen LogP contribution in [0.4, 0.5) is 4.79 Å². The Bertz CT molecular complexity index is 490. The second-order valence-electron chi connectivity index (χ2n) is 4.33. The Morgan fingerprint density at radius 1 is 1.10 bits per heavy atom. The highest BCUT2D eigenvalue weighted by atomic mass is 16.4. The molecule has 21 heavy (non-hydrogen) atoms. The van der Waals surface area contributed by atoms with Crippen LogP contribution in [0.25, 0.3) is 0 Å². The number of rotatable bonds is 7. The first-order valence-electron chi connectivity index (χ1n) is 6.58. The molecule has 0 atom stereocenters. The van der Waals surface area contributed by atoms with Crippen molar-refractivity contribution in [2.24, 2.45) is 0 Å². The van der Waals surface area contributed by atoms with E-state index in [1.807, 2.05) is 37.3 Å². The molecule has 0 spiro atoms. The van der Waals surface area contributed by atoms with Crippen molar-refractivity contribution in [3.05, 3.63) is 35.9 Å². The zero-order valence-electron chi connectivity index (χ0n) is 11.8. The van der Waals surface area contributed by atoms with E-state index in [1.165, 1.54) is 0 Å². The molecule has 0 saturated heterocycles. The van der Waals surface area contributed by atoms with Gasteiger partial charge in [-0.15, -0.1) is 0 Å². The van der Waals surface area contributed by atoms with E-state index >= 15 is 0 Å². The largest absolute Gasteiger partial charge is 0.480 e. The Morgan fingerprint density at radius 2 is 1.76 bits per heavy atom. The minimum Gasteiger partial charge on any atom is -0.480 e. The Labute approximate surface area is 122 Å². The molecule has 0 bridgehead atoms. The van der Waals surface area contributed by atoms with E-state index in [2.05, 4.69) is 10.6 Å². The fourth-order valence-electron chi connectivity index (χ4n) is 1.64. The van der Waals surface area contributed by atoms with Crippen LogP contribution in [-0.2, 0) is 16.1 Å². The van der Waals surface area contributed by atoms with E-state index < -0.39 is 18.4 Å². The average Bonchev–Trinajstić information content (AvgIpc) is 2.49. The monoisotopic (exact) mass is 293 g/mol. The van der Waals surface area contributed by atoms with Crippen LogP contribution in [0.2, 0.25) is 0 Å². The molecule has 0 aliphatic heterocycles. The molecule has 3 N–H and O–H groups in total. The molecule has 0 fully saturated rings. The first-order chi connectivity index (χ1) is 10.0. The molecule has 3 amide bonds. The van der Waals surface area contributed by atoms with E-state index in [0.717, 1.165) is 5.56 Å². The molecule has 0 radical (unpaired) electrons. The van der Waals surface area contributed by atoms with Gasteiger partial charge in [0.05, 0.1) is 6.54 Å². The third kappa shape index (κ3) is 6.42. The lowest BCUT2D eigenvalue weighted by Crippen LogP contribution is -2.44. The SMILES string of the molecule is CCN(Cc1ccccc1)C(=O)NCC(=O)NCC(=O)O. The van der Waals surface area contributed by atoms with Crippen LogP contribution >= 0.6 is 0 Å². The number of carbonyl (C=O) groups excluding carboxylic acids is 2. The van der Waals surface area contributed by atoms with Gasteiger partial charge in [0.15, 0.2) is 0 Å². The summed E-state index contributed by atoms with van der Waals surface area (Å²) >= 11 is 0. The van der Waals surface area contributed by atoms with Gasteiger partial charge in [-0.2, -0.15) is 0 Å². The number of carboxylic acids is 1. The van der Waals surface area contributed by atoms with Crippen LogP contribution in [-0.4, -0.2) is 47.5 Å². The smallest absolute Gasteiger partial charge is 0.322 e. The highest BCUT2D eigenvalue weighted by molar-refractivity contribution is 5.86. The molecule has 0 saturated carbocycles. The Morgan fingerprint density at radius 3 is 2.33 bits per heavy atom. The number of nitrogens with one attached hydrogen (secondary N) is 2. The van der Waals surface area contributed by atoms with Crippen LogP contribution in [0, 0.1) is 0 Å². The zero-order valence-corrected chi connectivity index (χ0v) is 11.8. The van der Waals surface area contributed by atoms with Crippen molar-refractivity contribution in [3.63, 3.8) is 0 Å². The van der Waals surface area contributed by atoms with Gasteiger partial charge < -0.3 is 20.6 Å². The predicted octanol–water partition coefficient (Wildman–Crippen LogP) is 0.419. The molecule has 0 aromatic heterocycles.